The SMILES string of the molecule is CC(C)C(C)N(C(=O)c1ccc(C(=O)O)nc1)C1CC1. The van der Waals surface area contributed by atoms with Gasteiger partial charge in [-0.15, -0.1) is 0 Å². The summed E-state index contributed by atoms with van der Waals surface area (Å²) < 4.78 is 0. The van der Waals surface area contributed by atoms with Crippen molar-refractivity contribution < 1.29 is 14.7 Å². The second-order valence-electron chi connectivity index (χ2n) is 5.67. The molecule has 108 valence electrons. The Kier molecular flexibility index (Phi) is 4.06. The number of hydrogen-bond donors (Lipinski definition) is 1. The molecule has 1 atom stereocenters. The highest BCUT2D eigenvalue weighted by Crippen LogP contribution is 2.31. The highest BCUT2D eigenvalue weighted by atomic mass is 16.4. The first-order valence-corrected chi connectivity index (χ1v) is 6.93. The topological polar surface area (TPSA) is 70.5 Å². The molecule has 1 aliphatic rings. The van der Waals surface area contributed by atoms with Crippen molar-refractivity contribution in [3.63, 3.8) is 0 Å². The fourth-order valence-corrected chi connectivity index (χ4v) is 2.15. The third-order valence-corrected chi connectivity index (χ3v) is 3.81. The molecule has 20 heavy (non-hydrogen) atoms. The lowest BCUT2D eigenvalue weighted by molar-refractivity contribution is 0.0624. The van der Waals surface area contributed by atoms with E-state index in [1.807, 2.05) is 4.90 Å². The second kappa shape index (κ2) is 5.61. The summed E-state index contributed by atoms with van der Waals surface area (Å²) in [5.74, 6) is -0.762. The summed E-state index contributed by atoms with van der Waals surface area (Å²) >= 11 is 0. The summed E-state index contributed by atoms with van der Waals surface area (Å²) in [5.41, 5.74) is 0.408. The molecule has 1 aliphatic carbocycles. The number of aromatic carboxylic acids is 1. The zero-order valence-corrected chi connectivity index (χ0v) is 12.0. The summed E-state index contributed by atoms with van der Waals surface area (Å²) in [6.45, 7) is 6.25. The Bertz CT molecular complexity index is 506. The van der Waals surface area contributed by atoms with Crippen LogP contribution in [0.25, 0.3) is 0 Å². The van der Waals surface area contributed by atoms with Crippen LogP contribution in [0.15, 0.2) is 18.3 Å². The zero-order valence-electron chi connectivity index (χ0n) is 12.0. The first-order chi connectivity index (χ1) is 9.41. The maximum Gasteiger partial charge on any atom is 0.354 e. The molecule has 1 fully saturated rings. The zero-order chi connectivity index (χ0) is 14.9. The van der Waals surface area contributed by atoms with Crippen molar-refractivity contribution in [3.8, 4) is 0 Å². The van der Waals surface area contributed by atoms with E-state index in [1.54, 1.807) is 6.07 Å². The van der Waals surface area contributed by atoms with Crippen LogP contribution in [0, 0.1) is 5.92 Å². The number of amides is 1. The van der Waals surface area contributed by atoms with Gasteiger partial charge in [0.1, 0.15) is 5.69 Å². The molecule has 2 rings (SSSR count). The van der Waals surface area contributed by atoms with Gasteiger partial charge in [0.25, 0.3) is 5.91 Å². The minimum absolute atomic E-state index is 0.0450. The summed E-state index contributed by atoms with van der Waals surface area (Å²) in [6, 6.07) is 3.40. The number of hydrogen-bond acceptors (Lipinski definition) is 3. The van der Waals surface area contributed by atoms with Crippen molar-refractivity contribution in [3.05, 3.63) is 29.6 Å². The Labute approximate surface area is 118 Å². The van der Waals surface area contributed by atoms with Crippen molar-refractivity contribution in [1.82, 2.24) is 9.88 Å². The highest BCUT2D eigenvalue weighted by Gasteiger charge is 2.37. The molecule has 0 aliphatic heterocycles. The van der Waals surface area contributed by atoms with Crippen molar-refractivity contribution in [2.45, 2.75) is 45.7 Å². The lowest BCUT2D eigenvalue weighted by atomic mass is 10.0. The van der Waals surface area contributed by atoms with Crippen molar-refractivity contribution in [1.29, 1.82) is 0 Å². The summed E-state index contributed by atoms with van der Waals surface area (Å²) in [6.07, 6.45) is 3.45. The van der Waals surface area contributed by atoms with E-state index >= 15 is 0 Å². The number of carboxylic acid groups (broad SMARTS) is 1. The molecule has 1 heterocycles. The second-order valence-corrected chi connectivity index (χ2v) is 5.67. The molecule has 0 spiro atoms. The summed E-state index contributed by atoms with van der Waals surface area (Å²) in [5, 5.41) is 8.82. The van der Waals surface area contributed by atoms with Gasteiger partial charge in [-0.05, 0) is 37.8 Å². The average Bonchev–Trinajstić information content (AvgIpc) is 3.23. The fraction of sp³-hybridized carbons (Fsp3) is 0.533. The molecule has 1 N–H and O–H groups in total. The molecule has 5 nitrogen and oxygen atoms in total. The molecule has 1 saturated carbocycles. The van der Waals surface area contributed by atoms with Gasteiger partial charge >= 0.3 is 5.97 Å². The molecule has 0 aromatic carbocycles. The van der Waals surface area contributed by atoms with Crippen LogP contribution in [-0.2, 0) is 0 Å². The van der Waals surface area contributed by atoms with Gasteiger partial charge in [-0.25, -0.2) is 9.78 Å². The summed E-state index contributed by atoms with van der Waals surface area (Å²) in [4.78, 5) is 29.1. The number of rotatable bonds is 5. The number of pyridine rings is 1. The van der Waals surface area contributed by atoms with Gasteiger partial charge in [-0.3, -0.25) is 4.79 Å². The van der Waals surface area contributed by atoms with Gasteiger partial charge in [0, 0.05) is 18.3 Å². The van der Waals surface area contributed by atoms with Crippen molar-refractivity contribution >= 4 is 11.9 Å². The van der Waals surface area contributed by atoms with E-state index in [-0.39, 0.29) is 17.6 Å². The molecular weight excluding hydrogens is 256 g/mol. The maximum atomic E-state index is 12.6. The Morgan fingerprint density at radius 1 is 1.30 bits per heavy atom. The Hall–Kier alpha value is -1.91. The molecule has 1 unspecified atom stereocenters. The van der Waals surface area contributed by atoms with Crippen molar-refractivity contribution in [2.24, 2.45) is 5.92 Å². The number of nitrogens with zero attached hydrogens (tertiary/aromatic N) is 2. The van der Waals surface area contributed by atoms with Crippen LogP contribution in [0.2, 0.25) is 0 Å². The van der Waals surface area contributed by atoms with Crippen LogP contribution in [0.1, 0.15) is 54.5 Å². The Morgan fingerprint density at radius 3 is 2.35 bits per heavy atom. The smallest absolute Gasteiger partial charge is 0.354 e. The molecule has 1 aromatic heterocycles. The number of carbonyl (C=O) groups is 2. The molecular formula is C15H20N2O3. The van der Waals surface area contributed by atoms with Crippen LogP contribution in [-0.4, -0.2) is 39.0 Å². The van der Waals surface area contributed by atoms with Gasteiger partial charge in [-0.2, -0.15) is 0 Å². The van der Waals surface area contributed by atoms with Gasteiger partial charge in [0.2, 0.25) is 0 Å². The first-order valence-electron chi connectivity index (χ1n) is 6.93. The minimum Gasteiger partial charge on any atom is -0.477 e. The van der Waals surface area contributed by atoms with E-state index in [2.05, 4.69) is 25.8 Å². The van der Waals surface area contributed by atoms with Gasteiger partial charge in [0.15, 0.2) is 0 Å². The lowest BCUT2D eigenvalue weighted by Gasteiger charge is -2.32. The average molecular weight is 276 g/mol. The van der Waals surface area contributed by atoms with E-state index in [1.165, 1.54) is 12.3 Å². The predicted molar refractivity (Wildman–Crippen MR) is 74.7 cm³/mol. The third kappa shape index (κ3) is 2.98. The van der Waals surface area contributed by atoms with Crippen LogP contribution in [0.5, 0.6) is 0 Å². The molecule has 0 bridgehead atoms. The van der Waals surface area contributed by atoms with Crippen LogP contribution in [0.3, 0.4) is 0 Å². The minimum atomic E-state index is -1.08. The van der Waals surface area contributed by atoms with E-state index in [4.69, 9.17) is 5.11 Å². The Morgan fingerprint density at radius 2 is 1.95 bits per heavy atom. The first kappa shape index (κ1) is 14.5. The van der Waals surface area contributed by atoms with E-state index in [0.717, 1.165) is 12.8 Å². The van der Waals surface area contributed by atoms with Crippen molar-refractivity contribution in [2.75, 3.05) is 0 Å². The maximum absolute atomic E-state index is 12.6. The fourth-order valence-electron chi connectivity index (χ4n) is 2.15. The molecule has 0 saturated heterocycles. The van der Waals surface area contributed by atoms with Crippen LogP contribution >= 0.6 is 0 Å². The van der Waals surface area contributed by atoms with Gasteiger partial charge in [0.05, 0.1) is 5.56 Å². The molecule has 1 amide bonds. The van der Waals surface area contributed by atoms with Gasteiger partial charge < -0.3 is 10.0 Å². The van der Waals surface area contributed by atoms with Crippen LogP contribution < -0.4 is 0 Å². The van der Waals surface area contributed by atoms with E-state index in [0.29, 0.717) is 17.5 Å². The number of aromatic nitrogens is 1. The van der Waals surface area contributed by atoms with E-state index in [9.17, 15) is 9.59 Å². The highest BCUT2D eigenvalue weighted by molar-refractivity contribution is 5.95. The van der Waals surface area contributed by atoms with E-state index < -0.39 is 5.97 Å². The summed E-state index contributed by atoms with van der Waals surface area (Å²) in [7, 11) is 0. The number of carbonyl (C=O) groups excluding carboxylic acids is 1. The van der Waals surface area contributed by atoms with Crippen LogP contribution in [0.4, 0.5) is 0 Å². The molecule has 5 heteroatoms. The quantitative estimate of drug-likeness (QED) is 0.896. The number of carboxylic acids is 1. The Balaban J connectivity index is 2.21. The molecule has 1 aromatic rings. The largest absolute Gasteiger partial charge is 0.477 e. The normalized spacial score (nSPS) is 16.0. The monoisotopic (exact) mass is 276 g/mol. The lowest BCUT2D eigenvalue weighted by Crippen LogP contribution is -2.43. The molecule has 0 radical (unpaired) electrons. The standard InChI is InChI=1S/C15H20N2O3/c1-9(2)10(3)17(12-5-6-12)14(18)11-4-7-13(15(19)20)16-8-11/h4,7-10,12H,5-6H2,1-3H3,(H,19,20). The third-order valence-electron chi connectivity index (χ3n) is 3.81. The predicted octanol–water partition coefficient (Wildman–Crippen LogP) is 2.43. The van der Waals surface area contributed by atoms with Gasteiger partial charge in [-0.1, -0.05) is 13.8 Å².